The monoisotopic (exact) mass is 304 g/mol. The fourth-order valence-corrected chi connectivity index (χ4v) is 3.13. The molecule has 0 saturated carbocycles. The van der Waals surface area contributed by atoms with Crippen LogP contribution in [0.1, 0.15) is 16.9 Å². The zero-order valence-corrected chi connectivity index (χ0v) is 12.5. The second-order valence-corrected chi connectivity index (χ2v) is 5.82. The number of amides is 1. The van der Waals surface area contributed by atoms with Gasteiger partial charge in [-0.1, -0.05) is 0 Å². The number of nitrogens with zero attached hydrogens (tertiary/aromatic N) is 2. The molecule has 1 aromatic carbocycles. The molecule has 2 aromatic rings. The van der Waals surface area contributed by atoms with Crippen molar-refractivity contribution in [3.05, 3.63) is 35.3 Å². The Morgan fingerprint density at radius 1 is 1.43 bits per heavy atom. The third kappa shape index (κ3) is 2.91. The van der Waals surface area contributed by atoms with E-state index in [0.29, 0.717) is 25.2 Å². The summed E-state index contributed by atoms with van der Waals surface area (Å²) in [6.45, 7) is 0.990. The van der Waals surface area contributed by atoms with E-state index in [1.165, 1.54) is 11.3 Å². The van der Waals surface area contributed by atoms with Gasteiger partial charge in [0.2, 0.25) is 0 Å². The second-order valence-electron chi connectivity index (χ2n) is 4.96. The lowest BCUT2D eigenvalue weighted by atomic mass is 10.2. The molecular weight excluding hydrogens is 288 g/mol. The number of thiazole rings is 1. The van der Waals surface area contributed by atoms with Gasteiger partial charge in [0.25, 0.3) is 5.91 Å². The highest BCUT2D eigenvalue weighted by molar-refractivity contribution is 7.13. The number of hydrogen-bond donors (Lipinski definition) is 1. The van der Waals surface area contributed by atoms with E-state index in [1.807, 2.05) is 24.3 Å². The Morgan fingerprint density at radius 2 is 2.19 bits per heavy atom. The molecule has 1 amide bonds. The van der Waals surface area contributed by atoms with Crippen molar-refractivity contribution in [1.29, 1.82) is 0 Å². The highest BCUT2D eigenvalue weighted by Gasteiger charge is 2.26. The van der Waals surface area contributed by atoms with Crippen molar-refractivity contribution >= 4 is 17.2 Å². The molecule has 6 heteroatoms. The van der Waals surface area contributed by atoms with Crippen LogP contribution in [-0.2, 0) is 0 Å². The maximum Gasteiger partial charge on any atom is 0.273 e. The van der Waals surface area contributed by atoms with Crippen LogP contribution in [0.4, 0.5) is 0 Å². The molecule has 21 heavy (non-hydrogen) atoms. The van der Waals surface area contributed by atoms with Crippen LogP contribution in [0.5, 0.6) is 5.75 Å². The summed E-state index contributed by atoms with van der Waals surface area (Å²) >= 11 is 1.44. The first-order valence-electron chi connectivity index (χ1n) is 6.74. The fourth-order valence-electron chi connectivity index (χ4n) is 2.33. The van der Waals surface area contributed by atoms with Crippen LogP contribution in [0, 0.1) is 0 Å². The van der Waals surface area contributed by atoms with Gasteiger partial charge in [-0.2, -0.15) is 0 Å². The lowest BCUT2D eigenvalue weighted by molar-refractivity contribution is 0.0760. The third-order valence-corrected chi connectivity index (χ3v) is 4.40. The van der Waals surface area contributed by atoms with Crippen molar-refractivity contribution in [3.8, 4) is 16.3 Å². The molecule has 3 rings (SSSR count). The number of ether oxygens (including phenoxy) is 1. The van der Waals surface area contributed by atoms with Gasteiger partial charge in [0, 0.05) is 24.0 Å². The van der Waals surface area contributed by atoms with Crippen molar-refractivity contribution in [1.82, 2.24) is 9.88 Å². The van der Waals surface area contributed by atoms with Crippen molar-refractivity contribution in [2.75, 3.05) is 20.2 Å². The number of β-amino-alcohol motifs (C(OH)–C–C–N with tert-alkyl or cyclic N) is 1. The topological polar surface area (TPSA) is 62.7 Å². The van der Waals surface area contributed by atoms with Crippen LogP contribution in [0.25, 0.3) is 10.6 Å². The molecule has 1 aliphatic heterocycles. The number of methoxy groups -OCH3 is 1. The quantitative estimate of drug-likeness (QED) is 0.942. The first-order chi connectivity index (χ1) is 10.2. The minimum absolute atomic E-state index is 0.109. The summed E-state index contributed by atoms with van der Waals surface area (Å²) in [4.78, 5) is 18.3. The molecule has 1 aromatic heterocycles. The number of carbonyl (C=O) groups is 1. The van der Waals surface area contributed by atoms with Crippen molar-refractivity contribution in [2.45, 2.75) is 12.5 Å². The Labute approximate surface area is 126 Å². The van der Waals surface area contributed by atoms with E-state index < -0.39 is 6.10 Å². The Balaban J connectivity index is 1.77. The van der Waals surface area contributed by atoms with Crippen LogP contribution in [0.3, 0.4) is 0 Å². The molecule has 0 unspecified atom stereocenters. The van der Waals surface area contributed by atoms with Crippen molar-refractivity contribution in [2.24, 2.45) is 0 Å². The van der Waals surface area contributed by atoms with Gasteiger partial charge in [-0.25, -0.2) is 4.98 Å². The molecule has 0 aliphatic carbocycles. The number of aromatic nitrogens is 1. The van der Waals surface area contributed by atoms with Gasteiger partial charge < -0.3 is 14.7 Å². The van der Waals surface area contributed by atoms with Gasteiger partial charge in [0.05, 0.1) is 13.2 Å². The second kappa shape index (κ2) is 5.83. The zero-order chi connectivity index (χ0) is 14.8. The molecule has 1 N–H and O–H groups in total. The van der Waals surface area contributed by atoms with E-state index in [-0.39, 0.29) is 5.91 Å². The Hall–Kier alpha value is -1.92. The summed E-state index contributed by atoms with van der Waals surface area (Å²) in [5, 5.41) is 12.1. The third-order valence-electron chi connectivity index (χ3n) is 3.51. The van der Waals surface area contributed by atoms with Gasteiger partial charge in [-0.3, -0.25) is 4.79 Å². The molecule has 1 atom stereocenters. The summed E-state index contributed by atoms with van der Waals surface area (Å²) in [6, 6.07) is 7.58. The van der Waals surface area contributed by atoms with E-state index in [0.717, 1.165) is 16.3 Å². The number of benzene rings is 1. The summed E-state index contributed by atoms with van der Waals surface area (Å²) in [7, 11) is 1.62. The number of carbonyl (C=O) groups excluding carboxylic acids is 1. The molecule has 1 aliphatic rings. The predicted molar refractivity (Wildman–Crippen MR) is 80.6 cm³/mol. The highest BCUT2D eigenvalue weighted by Crippen LogP contribution is 2.26. The minimum atomic E-state index is -0.409. The molecule has 0 radical (unpaired) electrons. The van der Waals surface area contributed by atoms with Gasteiger partial charge in [0.15, 0.2) is 0 Å². The van der Waals surface area contributed by atoms with Crippen LogP contribution in [-0.4, -0.2) is 47.2 Å². The Bertz CT molecular complexity index is 639. The fraction of sp³-hybridized carbons (Fsp3) is 0.333. The average molecular weight is 304 g/mol. The minimum Gasteiger partial charge on any atom is -0.497 e. The molecule has 5 nitrogen and oxygen atoms in total. The lowest BCUT2D eigenvalue weighted by Gasteiger charge is -2.13. The number of likely N-dealkylation sites (tertiary alicyclic amines) is 1. The summed E-state index contributed by atoms with van der Waals surface area (Å²) in [6.07, 6.45) is 0.231. The van der Waals surface area contributed by atoms with Gasteiger partial charge in [-0.05, 0) is 30.7 Å². The van der Waals surface area contributed by atoms with E-state index in [4.69, 9.17) is 4.74 Å². The number of aliphatic hydroxyl groups is 1. The largest absolute Gasteiger partial charge is 0.497 e. The van der Waals surface area contributed by atoms with Gasteiger partial charge in [-0.15, -0.1) is 11.3 Å². The normalized spacial score (nSPS) is 18.0. The molecular formula is C15H16N2O3S. The predicted octanol–water partition coefficient (Wildman–Crippen LogP) is 2.03. The van der Waals surface area contributed by atoms with Crippen LogP contribution in [0.2, 0.25) is 0 Å². The lowest BCUT2D eigenvalue weighted by Crippen LogP contribution is -2.29. The number of aliphatic hydroxyl groups excluding tert-OH is 1. The molecule has 1 fully saturated rings. The van der Waals surface area contributed by atoms with E-state index >= 15 is 0 Å². The molecule has 1 saturated heterocycles. The maximum atomic E-state index is 12.3. The molecule has 2 heterocycles. The first-order valence-corrected chi connectivity index (χ1v) is 7.62. The highest BCUT2D eigenvalue weighted by atomic mass is 32.1. The maximum absolute atomic E-state index is 12.3. The van der Waals surface area contributed by atoms with Gasteiger partial charge in [0.1, 0.15) is 16.5 Å². The number of hydrogen-bond acceptors (Lipinski definition) is 5. The Kier molecular flexibility index (Phi) is 3.90. The van der Waals surface area contributed by atoms with E-state index in [9.17, 15) is 9.90 Å². The smallest absolute Gasteiger partial charge is 0.273 e. The summed E-state index contributed by atoms with van der Waals surface area (Å²) < 4.78 is 5.12. The van der Waals surface area contributed by atoms with Crippen molar-refractivity contribution < 1.29 is 14.6 Å². The van der Waals surface area contributed by atoms with E-state index in [1.54, 1.807) is 17.4 Å². The number of rotatable bonds is 3. The molecule has 0 spiro atoms. The SMILES string of the molecule is COc1ccc(-c2nc(C(=O)N3CC[C@@H](O)C3)cs2)cc1. The molecule has 110 valence electrons. The summed E-state index contributed by atoms with van der Waals surface area (Å²) in [5.41, 5.74) is 1.40. The molecule has 0 bridgehead atoms. The van der Waals surface area contributed by atoms with E-state index in [2.05, 4.69) is 4.98 Å². The average Bonchev–Trinajstić information content (AvgIpc) is 3.16. The standard InChI is InChI=1S/C15H16N2O3S/c1-20-12-4-2-10(3-5-12)14-16-13(9-21-14)15(19)17-7-6-11(18)8-17/h2-5,9,11,18H,6-8H2,1H3/t11-/m1/s1. The zero-order valence-electron chi connectivity index (χ0n) is 11.7. The van der Waals surface area contributed by atoms with Crippen LogP contribution >= 0.6 is 11.3 Å². The first kappa shape index (κ1) is 14.0. The van der Waals surface area contributed by atoms with Crippen LogP contribution in [0.15, 0.2) is 29.6 Å². The van der Waals surface area contributed by atoms with Crippen LogP contribution < -0.4 is 4.74 Å². The van der Waals surface area contributed by atoms with Gasteiger partial charge >= 0.3 is 0 Å². The Morgan fingerprint density at radius 3 is 2.81 bits per heavy atom. The van der Waals surface area contributed by atoms with Crippen molar-refractivity contribution in [3.63, 3.8) is 0 Å². The summed E-state index contributed by atoms with van der Waals surface area (Å²) in [5.74, 6) is 0.681.